The largest absolute Gasteiger partial charge is 0.402 e. The fourth-order valence-electron chi connectivity index (χ4n) is 1.04. The third-order valence-electron chi connectivity index (χ3n) is 1.72. The quantitative estimate of drug-likeness (QED) is 0.352. The first-order chi connectivity index (χ1) is 7.00. The lowest BCUT2D eigenvalue weighted by Crippen LogP contribution is -2.00. The van der Waals surface area contributed by atoms with Gasteiger partial charge in [-0.25, -0.2) is 0 Å². The summed E-state index contributed by atoms with van der Waals surface area (Å²) in [7, 11) is 0. The number of allylic oxidation sites excluding steroid dienone is 2. The summed E-state index contributed by atoms with van der Waals surface area (Å²) in [5.41, 5.74) is 6.08. The van der Waals surface area contributed by atoms with Crippen LogP contribution in [0.5, 0.6) is 0 Å². The van der Waals surface area contributed by atoms with Crippen molar-refractivity contribution in [2.24, 2.45) is 5.73 Å². The molecule has 0 saturated carbocycles. The molecular weight excluding hydrogens is 196 g/mol. The van der Waals surface area contributed by atoms with E-state index in [-0.39, 0.29) is 11.5 Å². The van der Waals surface area contributed by atoms with Crippen LogP contribution in [0.3, 0.4) is 0 Å². The summed E-state index contributed by atoms with van der Waals surface area (Å²) in [6, 6.07) is 5.37. The summed E-state index contributed by atoms with van der Waals surface area (Å²) in [4.78, 5) is 21.2. The van der Waals surface area contributed by atoms with E-state index in [0.29, 0.717) is 11.3 Å². The molecule has 1 aromatic carbocycles. The Morgan fingerprint density at radius 2 is 1.93 bits per heavy atom. The van der Waals surface area contributed by atoms with E-state index in [0.717, 1.165) is 0 Å². The van der Waals surface area contributed by atoms with Gasteiger partial charge in [-0.2, -0.15) is 0 Å². The average Bonchev–Trinajstić information content (AvgIpc) is 2.17. The summed E-state index contributed by atoms with van der Waals surface area (Å²) in [6.45, 7) is 1.60. The molecule has 0 atom stereocenters. The predicted octanol–water partition coefficient (Wildman–Crippen LogP) is 1.64. The van der Waals surface area contributed by atoms with Crippen molar-refractivity contribution in [3.8, 4) is 0 Å². The van der Waals surface area contributed by atoms with E-state index in [2.05, 4.69) is 0 Å². The van der Waals surface area contributed by atoms with Gasteiger partial charge >= 0.3 is 0 Å². The highest BCUT2D eigenvalue weighted by atomic mass is 16.6. The summed E-state index contributed by atoms with van der Waals surface area (Å²) in [5.74, 6) is -0.259. The van der Waals surface area contributed by atoms with E-state index in [1.165, 1.54) is 30.3 Å². The van der Waals surface area contributed by atoms with Crippen LogP contribution >= 0.6 is 0 Å². The van der Waals surface area contributed by atoms with E-state index >= 15 is 0 Å². The van der Waals surface area contributed by atoms with Crippen LogP contribution in [0, 0.1) is 10.1 Å². The first-order valence-corrected chi connectivity index (χ1v) is 4.23. The molecule has 0 heterocycles. The molecule has 5 heteroatoms. The van der Waals surface area contributed by atoms with Gasteiger partial charge in [-0.3, -0.25) is 14.9 Å². The second kappa shape index (κ2) is 4.36. The van der Waals surface area contributed by atoms with Crippen LogP contribution in [0.25, 0.3) is 0 Å². The van der Waals surface area contributed by atoms with Gasteiger partial charge in [-0.1, -0.05) is 0 Å². The number of hydrogen-bond donors (Lipinski definition) is 1. The molecule has 0 amide bonds. The van der Waals surface area contributed by atoms with Crippen LogP contribution in [-0.2, 0) is 0 Å². The SMILES string of the molecule is C/C(N)=C/C(=O)c1ccc([N+](=O)[O-])cc1. The van der Waals surface area contributed by atoms with Crippen molar-refractivity contribution in [2.45, 2.75) is 6.92 Å². The number of nitro groups is 1. The van der Waals surface area contributed by atoms with Gasteiger partial charge in [0.1, 0.15) is 0 Å². The molecule has 0 spiro atoms. The molecular formula is C10H10N2O3. The number of rotatable bonds is 3. The van der Waals surface area contributed by atoms with Gasteiger partial charge in [0.2, 0.25) is 0 Å². The van der Waals surface area contributed by atoms with E-state index in [1.54, 1.807) is 6.92 Å². The molecule has 0 aliphatic heterocycles. The van der Waals surface area contributed by atoms with Crippen LogP contribution in [0.2, 0.25) is 0 Å². The van der Waals surface area contributed by atoms with Crippen molar-refractivity contribution in [1.82, 2.24) is 0 Å². The number of benzene rings is 1. The van der Waals surface area contributed by atoms with Crippen molar-refractivity contribution in [3.63, 3.8) is 0 Å². The van der Waals surface area contributed by atoms with Gasteiger partial charge in [0, 0.05) is 29.5 Å². The maximum absolute atomic E-state index is 11.4. The molecule has 1 rings (SSSR count). The molecule has 0 fully saturated rings. The summed E-state index contributed by atoms with van der Waals surface area (Å²) in [6.07, 6.45) is 1.28. The van der Waals surface area contributed by atoms with Crippen molar-refractivity contribution in [2.75, 3.05) is 0 Å². The Labute approximate surface area is 86.4 Å². The van der Waals surface area contributed by atoms with Gasteiger partial charge in [-0.05, 0) is 19.1 Å². The number of carbonyl (C=O) groups excluding carboxylic acids is 1. The Morgan fingerprint density at radius 1 is 1.40 bits per heavy atom. The van der Waals surface area contributed by atoms with Gasteiger partial charge in [-0.15, -0.1) is 0 Å². The lowest BCUT2D eigenvalue weighted by atomic mass is 10.1. The highest BCUT2D eigenvalue weighted by Crippen LogP contribution is 2.12. The molecule has 0 radical (unpaired) electrons. The number of ketones is 1. The van der Waals surface area contributed by atoms with E-state index < -0.39 is 4.92 Å². The highest BCUT2D eigenvalue weighted by Gasteiger charge is 2.07. The van der Waals surface area contributed by atoms with Crippen LogP contribution < -0.4 is 5.73 Å². The van der Waals surface area contributed by atoms with E-state index in [4.69, 9.17) is 5.73 Å². The van der Waals surface area contributed by atoms with E-state index in [9.17, 15) is 14.9 Å². The van der Waals surface area contributed by atoms with Gasteiger partial charge in [0.25, 0.3) is 5.69 Å². The Morgan fingerprint density at radius 3 is 2.33 bits per heavy atom. The summed E-state index contributed by atoms with van der Waals surface area (Å²) >= 11 is 0. The number of carbonyl (C=O) groups is 1. The summed E-state index contributed by atoms with van der Waals surface area (Å²) < 4.78 is 0. The standard InChI is InChI=1S/C10H10N2O3/c1-7(11)6-10(13)8-2-4-9(5-3-8)12(14)15/h2-6H,11H2,1H3/b7-6-. The first kappa shape index (κ1) is 10.9. The fraction of sp³-hybridized carbons (Fsp3) is 0.100. The van der Waals surface area contributed by atoms with Crippen molar-refractivity contribution >= 4 is 11.5 Å². The monoisotopic (exact) mass is 206 g/mol. The minimum absolute atomic E-state index is 0.0417. The molecule has 2 N–H and O–H groups in total. The lowest BCUT2D eigenvalue weighted by molar-refractivity contribution is -0.384. The molecule has 0 bridgehead atoms. The molecule has 5 nitrogen and oxygen atoms in total. The minimum atomic E-state index is -0.516. The minimum Gasteiger partial charge on any atom is -0.402 e. The maximum atomic E-state index is 11.4. The van der Waals surface area contributed by atoms with Crippen molar-refractivity contribution in [1.29, 1.82) is 0 Å². The smallest absolute Gasteiger partial charge is 0.269 e. The maximum Gasteiger partial charge on any atom is 0.269 e. The number of non-ortho nitro benzene ring substituents is 1. The average molecular weight is 206 g/mol. The molecule has 0 unspecified atom stereocenters. The highest BCUT2D eigenvalue weighted by molar-refractivity contribution is 6.04. The van der Waals surface area contributed by atoms with E-state index in [1.807, 2.05) is 0 Å². The third kappa shape index (κ3) is 2.91. The molecule has 0 aliphatic carbocycles. The Bertz CT molecular complexity index is 417. The lowest BCUT2D eigenvalue weighted by Gasteiger charge is -1.96. The van der Waals surface area contributed by atoms with Crippen LogP contribution in [0.15, 0.2) is 36.0 Å². The van der Waals surface area contributed by atoms with Gasteiger partial charge in [0.15, 0.2) is 5.78 Å². The zero-order chi connectivity index (χ0) is 11.4. The van der Waals surface area contributed by atoms with Crippen molar-refractivity contribution in [3.05, 3.63) is 51.7 Å². The van der Waals surface area contributed by atoms with Crippen molar-refractivity contribution < 1.29 is 9.72 Å². The zero-order valence-electron chi connectivity index (χ0n) is 8.14. The van der Waals surface area contributed by atoms with Gasteiger partial charge in [0.05, 0.1) is 4.92 Å². The fourth-order valence-corrected chi connectivity index (χ4v) is 1.04. The Balaban J connectivity index is 2.94. The van der Waals surface area contributed by atoms with Crippen LogP contribution in [-0.4, -0.2) is 10.7 Å². The topological polar surface area (TPSA) is 86.2 Å². The number of hydrogen-bond acceptors (Lipinski definition) is 4. The molecule has 0 aliphatic rings. The Kier molecular flexibility index (Phi) is 3.17. The molecule has 0 saturated heterocycles. The van der Waals surface area contributed by atoms with Crippen LogP contribution in [0.1, 0.15) is 17.3 Å². The number of nitrogens with two attached hydrogens (primary N) is 1. The number of nitro benzene ring substituents is 1. The zero-order valence-corrected chi connectivity index (χ0v) is 8.14. The third-order valence-corrected chi connectivity index (χ3v) is 1.72. The number of nitrogens with zero attached hydrogens (tertiary/aromatic N) is 1. The van der Waals surface area contributed by atoms with Gasteiger partial charge < -0.3 is 5.73 Å². The second-order valence-corrected chi connectivity index (χ2v) is 3.06. The molecule has 1 aromatic rings. The predicted molar refractivity (Wildman–Crippen MR) is 55.4 cm³/mol. The second-order valence-electron chi connectivity index (χ2n) is 3.06. The van der Waals surface area contributed by atoms with Crippen LogP contribution in [0.4, 0.5) is 5.69 Å². The molecule has 15 heavy (non-hydrogen) atoms. The normalized spacial score (nSPS) is 11.1. The first-order valence-electron chi connectivity index (χ1n) is 4.23. The molecule has 78 valence electrons. The summed E-state index contributed by atoms with van der Waals surface area (Å²) in [5, 5.41) is 10.3. The Hall–Kier alpha value is -2.17. The molecule has 0 aromatic heterocycles.